The van der Waals surface area contributed by atoms with E-state index in [4.69, 9.17) is 0 Å². The van der Waals surface area contributed by atoms with Crippen molar-refractivity contribution < 1.29 is 9.53 Å². The summed E-state index contributed by atoms with van der Waals surface area (Å²) in [6.07, 6.45) is 1.44. The molecule has 0 heterocycles. The molecule has 0 aliphatic carbocycles. The van der Waals surface area contributed by atoms with Crippen LogP contribution >= 0.6 is 0 Å². The molecule has 0 saturated heterocycles. The monoisotopic (exact) mass is 232 g/mol. The van der Waals surface area contributed by atoms with E-state index in [2.05, 4.69) is 4.74 Å². The van der Waals surface area contributed by atoms with Gasteiger partial charge < -0.3 is 0 Å². The summed E-state index contributed by atoms with van der Waals surface area (Å²) < 4.78 is 5.21. The average Bonchev–Trinajstić information content (AvgIpc) is 1.68. The number of carbonyl (C=O) groups is 1. The Balaban J connectivity index is 3.06. The second-order valence-electron chi connectivity index (χ2n) is 1.40. The summed E-state index contributed by atoms with van der Waals surface area (Å²) in [6.45, 7) is 1.96. The quantitative estimate of drug-likeness (QED) is 0.510. The number of esters is 1. The average molecular weight is 230 g/mol. The first-order chi connectivity index (χ1) is 3.81. The number of hydrogen-bond donors (Lipinski definition) is 0. The van der Waals surface area contributed by atoms with Crippen molar-refractivity contribution in [3.63, 3.8) is 0 Å². The van der Waals surface area contributed by atoms with E-state index in [1.54, 1.807) is 0 Å². The number of carbonyl (C=O) groups excluding carboxylic acids is 1. The molecule has 48 valence electrons. The normalized spacial score (nSPS) is 8.75. The summed E-state index contributed by atoms with van der Waals surface area (Å²) in [4.78, 5) is 10.4. The molecule has 0 saturated carbocycles. The molecule has 0 aliphatic rings. The zero-order valence-electron chi connectivity index (χ0n) is 4.89. The van der Waals surface area contributed by atoms with Crippen LogP contribution in [0.3, 0.4) is 0 Å². The first-order valence-corrected chi connectivity index (χ1v) is 4.38. The summed E-state index contributed by atoms with van der Waals surface area (Å²) in [5.74, 6) is -0.0755. The van der Waals surface area contributed by atoms with E-state index in [-0.39, 0.29) is 5.97 Å². The van der Waals surface area contributed by atoms with E-state index in [1.165, 1.54) is 22.3 Å². The molecule has 0 unspecified atom stereocenters. The van der Waals surface area contributed by atoms with Crippen molar-refractivity contribution in [2.24, 2.45) is 0 Å². The van der Waals surface area contributed by atoms with Crippen LogP contribution in [0.4, 0.5) is 0 Å². The Labute approximate surface area is 62.5 Å². The van der Waals surface area contributed by atoms with E-state index < -0.39 is 0 Å². The molecule has 8 heavy (non-hydrogen) atoms. The van der Waals surface area contributed by atoms with Crippen molar-refractivity contribution in [1.82, 2.24) is 0 Å². The van der Waals surface area contributed by atoms with E-state index in [0.29, 0.717) is 11.1 Å². The second-order valence-corrected chi connectivity index (χ2v) is 2.13. The van der Waals surface area contributed by atoms with Crippen LogP contribution in [0.25, 0.3) is 0 Å². The molecule has 0 fully saturated rings. The Morgan fingerprint density at radius 3 is 2.75 bits per heavy atom. The van der Waals surface area contributed by atoms with E-state index in [0.717, 1.165) is 6.42 Å². The Bertz CT molecular complexity index is 64.8. The molecule has 0 aliphatic heterocycles. The molecular formula is C5H10O2Te. The van der Waals surface area contributed by atoms with Crippen LogP contribution < -0.4 is 0 Å². The minimum absolute atomic E-state index is 0.0755. The maximum atomic E-state index is 10.4. The van der Waals surface area contributed by atoms with Gasteiger partial charge in [-0.3, -0.25) is 0 Å². The van der Waals surface area contributed by atoms with Crippen molar-refractivity contribution in [3.05, 3.63) is 0 Å². The molecule has 2 nitrogen and oxygen atoms in total. The maximum absolute atomic E-state index is 10.4. The molecular weight excluding hydrogens is 220 g/mol. The first-order valence-electron chi connectivity index (χ1n) is 2.57. The van der Waals surface area contributed by atoms with Crippen LogP contribution in [0.15, 0.2) is 0 Å². The van der Waals surface area contributed by atoms with E-state index in [9.17, 15) is 4.79 Å². The van der Waals surface area contributed by atoms with Gasteiger partial charge in [0.2, 0.25) is 0 Å². The fourth-order valence-electron chi connectivity index (χ4n) is 0.348. The summed E-state index contributed by atoms with van der Waals surface area (Å²) in [7, 11) is 0. The Morgan fingerprint density at radius 2 is 2.38 bits per heavy atom. The summed E-state index contributed by atoms with van der Waals surface area (Å²) in [5, 5.41) is 0. The molecule has 0 atom stereocenters. The van der Waals surface area contributed by atoms with Crippen molar-refractivity contribution in [2.75, 3.05) is 4.65 Å². The van der Waals surface area contributed by atoms with Crippen molar-refractivity contribution in [3.8, 4) is 0 Å². The van der Waals surface area contributed by atoms with Gasteiger partial charge in [-0.25, -0.2) is 0 Å². The third-order valence-electron chi connectivity index (χ3n) is 0.680. The fourth-order valence-corrected chi connectivity index (χ4v) is 0.759. The molecule has 3 heteroatoms. The first kappa shape index (κ1) is 8.26. The van der Waals surface area contributed by atoms with Crippen LogP contribution in [0.5, 0.6) is 0 Å². The van der Waals surface area contributed by atoms with Gasteiger partial charge in [-0.15, -0.1) is 0 Å². The predicted molar refractivity (Wildman–Crippen MR) is 33.0 cm³/mol. The van der Waals surface area contributed by atoms with E-state index >= 15 is 0 Å². The minimum atomic E-state index is -0.0755. The summed E-state index contributed by atoms with van der Waals surface area (Å²) in [6, 6.07) is 0. The van der Waals surface area contributed by atoms with Gasteiger partial charge in [-0.1, -0.05) is 0 Å². The van der Waals surface area contributed by atoms with Gasteiger partial charge >= 0.3 is 62.2 Å². The Kier molecular flexibility index (Phi) is 5.57. The Hall–Kier alpha value is 0.260. The molecule has 0 aromatic heterocycles. The molecule has 0 rings (SSSR count). The van der Waals surface area contributed by atoms with E-state index in [1.807, 2.05) is 6.92 Å². The van der Waals surface area contributed by atoms with Crippen molar-refractivity contribution in [1.29, 1.82) is 0 Å². The van der Waals surface area contributed by atoms with Crippen LogP contribution in [-0.2, 0) is 9.53 Å². The Morgan fingerprint density at radius 1 is 1.75 bits per heavy atom. The van der Waals surface area contributed by atoms with Gasteiger partial charge in [0.05, 0.1) is 0 Å². The SMILES string of the molecule is CCCC(=O)OC[TeH]. The predicted octanol–water partition coefficient (Wildman–Crippen LogP) is 0.188. The van der Waals surface area contributed by atoms with Crippen molar-refractivity contribution >= 4 is 28.3 Å². The molecule has 0 N–H and O–H groups in total. The van der Waals surface area contributed by atoms with Crippen LogP contribution in [-0.4, -0.2) is 32.9 Å². The fraction of sp³-hybridized carbons (Fsp3) is 0.800. The third kappa shape index (κ3) is 4.42. The van der Waals surface area contributed by atoms with Crippen LogP contribution in [0.1, 0.15) is 19.8 Å². The van der Waals surface area contributed by atoms with Crippen LogP contribution in [0.2, 0.25) is 0 Å². The number of ether oxygens (including phenoxy) is 1. The van der Waals surface area contributed by atoms with Gasteiger partial charge in [-0.2, -0.15) is 0 Å². The van der Waals surface area contributed by atoms with Crippen molar-refractivity contribution in [2.45, 2.75) is 19.8 Å². The van der Waals surface area contributed by atoms with Gasteiger partial charge in [-0.05, 0) is 0 Å². The molecule has 0 aromatic rings. The van der Waals surface area contributed by atoms with Gasteiger partial charge in [0.15, 0.2) is 0 Å². The third-order valence-corrected chi connectivity index (χ3v) is 1.05. The van der Waals surface area contributed by atoms with Gasteiger partial charge in [0.25, 0.3) is 0 Å². The molecule has 0 bridgehead atoms. The topological polar surface area (TPSA) is 26.3 Å². The van der Waals surface area contributed by atoms with Crippen LogP contribution in [0, 0.1) is 0 Å². The second kappa shape index (κ2) is 5.40. The zero-order chi connectivity index (χ0) is 6.41. The standard InChI is InChI=1S/C5H10O2Te/c1-2-3-5(6)7-4-8/h8H,2-4H2,1H3. The zero-order valence-corrected chi connectivity index (χ0v) is 7.44. The van der Waals surface area contributed by atoms with Gasteiger partial charge in [0.1, 0.15) is 0 Å². The number of rotatable bonds is 3. The molecule has 0 radical (unpaired) electrons. The summed E-state index contributed by atoms with van der Waals surface area (Å²) in [5.41, 5.74) is 0. The molecule has 0 aromatic carbocycles. The number of hydrogen-bond acceptors (Lipinski definition) is 2. The summed E-state index contributed by atoms with van der Waals surface area (Å²) >= 11 is 1.50. The van der Waals surface area contributed by atoms with Gasteiger partial charge in [0, 0.05) is 0 Å². The molecule has 0 spiro atoms. The molecule has 0 amide bonds.